The minimum Gasteiger partial charge on any atom is -0.467 e. The summed E-state index contributed by atoms with van der Waals surface area (Å²) < 4.78 is 29.5. The topological polar surface area (TPSA) is 130 Å². The van der Waals surface area contributed by atoms with Gasteiger partial charge in [0.2, 0.25) is 11.8 Å². The van der Waals surface area contributed by atoms with Crippen molar-refractivity contribution in [3.8, 4) is 0 Å². The van der Waals surface area contributed by atoms with Gasteiger partial charge in [0.25, 0.3) is 0 Å². The average Bonchev–Trinajstić information content (AvgIpc) is 3.07. The van der Waals surface area contributed by atoms with Crippen LogP contribution in [-0.4, -0.2) is 73.8 Å². The summed E-state index contributed by atoms with van der Waals surface area (Å²) in [5, 5.41) is 12.2. The first kappa shape index (κ1) is 21.8. The van der Waals surface area contributed by atoms with E-state index >= 15 is 0 Å². The zero-order valence-electron chi connectivity index (χ0n) is 15.7. The zero-order valence-corrected chi connectivity index (χ0v) is 16.5. The summed E-state index contributed by atoms with van der Waals surface area (Å²) in [6.07, 6.45) is -0.984. The number of sulfone groups is 1. The smallest absolute Gasteiger partial charge is 0.328 e. The molecule has 0 radical (unpaired) electrons. The van der Waals surface area contributed by atoms with Crippen molar-refractivity contribution in [1.82, 2.24) is 10.2 Å². The molecule has 2 amide bonds. The number of carbonyl (C=O) groups excluding carboxylic acids is 3. The number of hydrogen-bond acceptors (Lipinski definition) is 7. The van der Waals surface area contributed by atoms with Crippen molar-refractivity contribution < 1.29 is 32.6 Å². The Kier molecular flexibility index (Phi) is 7.14. The molecular weight excluding hydrogens is 388 g/mol. The summed E-state index contributed by atoms with van der Waals surface area (Å²) in [4.78, 5) is 37.6. The van der Waals surface area contributed by atoms with Gasteiger partial charge in [0.15, 0.2) is 9.84 Å². The molecule has 0 unspecified atom stereocenters. The largest absolute Gasteiger partial charge is 0.467 e. The Hall–Kier alpha value is -2.46. The van der Waals surface area contributed by atoms with Gasteiger partial charge in [-0.3, -0.25) is 9.59 Å². The summed E-state index contributed by atoms with van der Waals surface area (Å²) in [5.41, 5.74) is 0. The second kappa shape index (κ2) is 9.16. The number of methoxy groups -OCH3 is 1. The van der Waals surface area contributed by atoms with E-state index in [1.807, 2.05) is 0 Å². The number of aliphatic hydroxyl groups is 1. The molecule has 10 heteroatoms. The SMILES string of the molecule is COC(=O)[C@@H](CCS(=O)(=O)c1ccccc1)NC(=O)[C@@H]1C[C@@H](O)CN1C(C)=O. The number of nitrogens with zero attached hydrogens (tertiary/aromatic N) is 1. The Morgan fingerprint density at radius 3 is 2.50 bits per heavy atom. The van der Waals surface area contributed by atoms with Gasteiger partial charge in [-0.05, 0) is 18.6 Å². The van der Waals surface area contributed by atoms with E-state index in [1.165, 1.54) is 24.0 Å². The van der Waals surface area contributed by atoms with Crippen LogP contribution in [0.15, 0.2) is 35.2 Å². The Bertz CT molecular complexity index is 826. The standard InChI is InChI=1S/C18H24N2O7S/c1-12(21)20-11-13(22)10-16(20)17(23)19-15(18(24)27-2)8-9-28(25,26)14-6-4-3-5-7-14/h3-7,13,15-16,22H,8-11H2,1-2H3,(H,19,23)/t13-,15-,16+/m1/s1. The number of ether oxygens (including phenoxy) is 1. The molecule has 9 nitrogen and oxygen atoms in total. The number of aliphatic hydroxyl groups excluding tert-OH is 1. The number of carbonyl (C=O) groups is 3. The molecule has 1 aliphatic rings. The van der Waals surface area contributed by atoms with Crippen LogP contribution >= 0.6 is 0 Å². The number of esters is 1. The lowest BCUT2D eigenvalue weighted by atomic mass is 10.1. The third-order valence-electron chi connectivity index (χ3n) is 4.57. The monoisotopic (exact) mass is 412 g/mol. The molecule has 0 bridgehead atoms. The average molecular weight is 412 g/mol. The number of likely N-dealkylation sites (tertiary alicyclic amines) is 1. The highest BCUT2D eigenvalue weighted by Crippen LogP contribution is 2.19. The lowest BCUT2D eigenvalue weighted by Gasteiger charge is -2.24. The normalized spacial score (nSPS) is 20.5. The molecule has 1 aliphatic heterocycles. The van der Waals surface area contributed by atoms with E-state index < -0.39 is 39.9 Å². The van der Waals surface area contributed by atoms with Crippen LogP contribution in [0.2, 0.25) is 0 Å². The Morgan fingerprint density at radius 2 is 1.93 bits per heavy atom. The van der Waals surface area contributed by atoms with E-state index in [0.717, 1.165) is 7.11 Å². The highest BCUT2D eigenvalue weighted by Gasteiger charge is 2.39. The van der Waals surface area contributed by atoms with Crippen LogP contribution in [0.5, 0.6) is 0 Å². The molecule has 2 rings (SSSR count). The van der Waals surface area contributed by atoms with E-state index in [0.29, 0.717) is 0 Å². The fourth-order valence-electron chi connectivity index (χ4n) is 3.09. The summed E-state index contributed by atoms with van der Waals surface area (Å²) in [6, 6.07) is 5.65. The number of hydrogen-bond donors (Lipinski definition) is 2. The molecule has 28 heavy (non-hydrogen) atoms. The van der Waals surface area contributed by atoms with E-state index in [1.54, 1.807) is 18.2 Å². The van der Waals surface area contributed by atoms with Crippen molar-refractivity contribution in [3.63, 3.8) is 0 Å². The minimum atomic E-state index is -3.65. The fourth-order valence-corrected chi connectivity index (χ4v) is 4.44. The van der Waals surface area contributed by atoms with Gasteiger partial charge in [-0.25, -0.2) is 13.2 Å². The Labute approximate surface area is 163 Å². The number of benzene rings is 1. The molecule has 1 heterocycles. The van der Waals surface area contributed by atoms with E-state index in [4.69, 9.17) is 0 Å². The van der Waals surface area contributed by atoms with Crippen molar-refractivity contribution in [3.05, 3.63) is 30.3 Å². The van der Waals surface area contributed by atoms with Gasteiger partial charge in [-0.1, -0.05) is 18.2 Å². The molecular formula is C18H24N2O7S. The van der Waals surface area contributed by atoms with Crippen molar-refractivity contribution >= 4 is 27.6 Å². The predicted molar refractivity (Wildman–Crippen MR) is 98.9 cm³/mol. The van der Waals surface area contributed by atoms with Gasteiger partial charge < -0.3 is 20.1 Å². The third kappa shape index (κ3) is 5.29. The summed E-state index contributed by atoms with van der Waals surface area (Å²) in [7, 11) is -2.52. The highest BCUT2D eigenvalue weighted by atomic mass is 32.2. The second-order valence-corrected chi connectivity index (χ2v) is 8.69. The van der Waals surface area contributed by atoms with Crippen molar-refractivity contribution in [2.75, 3.05) is 19.4 Å². The highest BCUT2D eigenvalue weighted by molar-refractivity contribution is 7.91. The third-order valence-corrected chi connectivity index (χ3v) is 6.33. The summed E-state index contributed by atoms with van der Waals surface area (Å²) >= 11 is 0. The lowest BCUT2D eigenvalue weighted by molar-refractivity contribution is -0.146. The zero-order chi connectivity index (χ0) is 20.9. The molecule has 0 spiro atoms. The Morgan fingerprint density at radius 1 is 1.29 bits per heavy atom. The van der Waals surface area contributed by atoms with E-state index in [9.17, 15) is 27.9 Å². The molecule has 1 saturated heterocycles. The van der Waals surface area contributed by atoms with Gasteiger partial charge >= 0.3 is 5.97 Å². The molecule has 2 N–H and O–H groups in total. The van der Waals surface area contributed by atoms with Crippen molar-refractivity contribution in [2.45, 2.75) is 42.8 Å². The maximum atomic E-state index is 12.6. The second-order valence-electron chi connectivity index (χ2n) is 6.58. The number of β-amino-alcohol motifs (C(OH)–C–C–N with tert-alkyl or cyclic N) is 1. The van der Waals surface area contributed by atoms with Gasteiger partial charge in [0.1, 0.15) is 12.1 Å². The predicted octanol–water partition coefficient (Wildman–Crippen LogP) is -0.510. The summed E-state index contributed by atoms with van der Waals surface area (Å²) in [6.45, 7) is 1.31. The van der Waals surface area contributed by atoms with Crippen LogP contribution in [-0.2, 0) is 29.0 Å². The molecule has 1 aromatic carbocycles. The molecule has 0 aliphatic carbocycles. The van der Waals surface area contributed by atoms with Crippen LogP contribution in [0.3, 0.4) is 0 Å². The number of nitrogens with one attached hydrogen (secondary N) is 1. The quantitative estimate of drug-likeness (QED) is 0.577. The van der Waals surface area contributed by atoms with Crippen LogP contribution in [0.4, 0.5) is 0 Å². The Balaban J connectivity index is 2.09. The maximum Gasteiger partial charge on any atom is 0.328 e. The van der Waals surface area contributed by atoms with Gasteiger partial charge in [-0.15, -0.1) is 0 Å². The van der Waals surface area contributed by atoms with Crippen LogP contribution < -0.4 is 5.32 Å². The fraction of sp³-hybridized carbons (Fsp3) is 0.500. The van der Waals surface area contributed by atoms with Crippen molar-refractivity contribution in [2.24, 2.45) is 0 Å². The molecule has 0 saturated carbocycles. The summed E-state index contributed by atoms with van der Waals surface area (Å²) in [5.74, 6) is -2.18. The van der Waals surface area contributed by atoms with Gasteiger partial charge in [-0.2, -0.15) is 0 Å². The van der Waals surface area contributed by atoms with Crippen molar-refractivity contribution in [1.29, 1.82) is 0 Å². The van der Waals surface area contributed by atoms with Gasteiger partial charge in [0.05, 0.1) is 23.9 Å². The van der Waals surface area contributed by atoms with Crippen LogP contribution in [0, 0.1) is 0 Å². The van der Waals surface area contributed by atoms with E-state index in [-0.39, 0.29) is 35.9 Å². The maximum absolute atomic E-state index is 12.6. The molecule has 154 valence electrons. The van der Waals surface area contributed by atoms with Crippen LogP contribution in [0.25, 0.3) is 0 Å². The molecule has 1 fully saturated rings. The minimum absolute atomic E-state index is 0.0265. The lowest BCUT2D eigenvalue weighted by Crippen LogP contribution is -2.51. The first-order chi connectivity index (χ1) is 13.2. The van der Waals surface area contributed by atoms with E-state index in [2.05, 4.69) is 10.1 Å². The number of rotatable bonds is 7. The first-order valence-electron chi connectivity index (χ1n) is 8.77. The number of amides is 2. The first-order valence-corrected chi connectivity index (χ1v) is 10.4. The van der Waals surface area contributed by atoms with Gasteiger partial charge in [0, 0.05) is 19.9 Å². The van der Waals surface area contributed by atoms with Crippen LogP contribution in [0.1, 0.15) is 19.8 Å². The molecule has 3 atom stereocenters. The molecule has 1 aromatic rings. The molecule has 0 aromatic heterocycles.